The Morgan fingerprint density at radius 3 is 2.89 bits per heavy atom. The first-order valence-corrected chi connectivity index (χ1v) is 6.74. The van der Waals surface area contributed by atoms with Gasteiger partial charge in [0.1, 0.15) is 0 Å². The molecule has 3 N–H and O–H groups in total. The smallest absolute Gasteiger partial charge is 0.335 e. The van der Waals surface area contributed by atoms with E-state index >= 15 is 0 Å². The van der Waals surface area contributed by atoms with Crippen molar-refractivity contribution in [1.82, 2.24) is 15.2 Å². The third-order valence-corrected chi connectivity index (χ3v) is 3.09. The quantitative estimate of drug-likeness (QED) is 0.839. The van der Waals surface area contributed by atoms with E-state index in [-0.39, 0.29) is 10.9 Å². The number of hydrogen-bond donors (Lipinski definition) is 2. The molecule has 0 saturated carbocycles. The predicted octanol–water partition coefficient (Wildman–Crippen LogP) is 0.518. The molecule has 0 fully saturated rings. The highest BCUT2D eigenvalue weighted by molar-refractivity contribution is 7.89. The van der Waals surface area contributed by atoms with Crippen molar-refractivity contribution in [2.75, 3.05) is 6.61 Å². The number of sulfonamides is 1. The van der Waals surface area contributed by atoms with Crippen LogP contribution in [0.2, 0.25) is 0 Å². The summed E-state index contributed by atoms with van der Waals surface area (Å²) in [7, 11) is -3.73. The molecule has 1 heterocycles. The van der Waals surface area contributed by atoms with Crippen LogP contribution in [0.1, 0.15) is 6.92 Å². The number of nitrogens with zero attached hydrogens (tertiary/aromatic N) is 2. The van der Waals surface area contributed by atoms with Crippen LogP contribution in [0.3, 0.4) is 0 Å². The van der Waals surface area contributed by atoms with Gasteiger partial charge in [-0.3, -0.25) is 5.10 Å². The van der Waals surface area contributed by atoms with E-state index in [9.17, 15) is 8.42 Å². The van der Waals surface area contributed by atoms with Gasteiger partial charge in [-0.15, -0.1) is 5.10 Å². The number of benzene rings is 1. The first kappa shape index (κ1) is 12.5. The van der Waals surface area contributed by atoms with Gasteiger partial charge in [0.15, 0.2) is 5.82 Å². The molecular formula is C10H12N4O3S. The number of nitrogens with two attached hydrogens (primary N) is 1. The molecule has 8 heteroatoms. The lowest BCUT2D eigenvalue weighted by atomic mass is 10.2. The molecule has 0 bridgehead atoms. The largest absolute Gasteiger partial charge is 0.463 e. The summed E-state index contributed by atoms with van der Waals surface area (Å²) in [5, 5.41) is 11.6. The molecule has 7 nitrogen and oxygen atoms in total. The molecule has 0 aliphatic heterocycles. The number of aromatic amines is 1. The van der Waals surface area contributed by atoms with Gasteiger partial charge in [0, 0.05) is 5.56 Å². The maximum absolute atomic E-state index is 11.2. The Kier molecular flexibility index (Phi) is 3.30. The maximum atomic E-state index is 11.2. The molecule has 0 unspecified atom stereocenters. The minimum atomic E-state index is -3.73. The third kappa shape index (κ3) is 2.66. The number of nitrogens with one attached hydrogen (secondary N) is 1. The van der Waals surface area contributed by atoms with Crippen LogP contribution in [-0.2, 0) is 10.0 Å². The fourth-order valence-corrected chi connectivity index (χ4v) is 1.95. The standard InChI is InChI=1S/C10H12N4O3S/c1-2-17-10-12-9(13-14-10)7-4-3-5-8(6-7)18(11,15)16/h3-6H,2H2,1H3,(H2,11,15,16)(H,12,13,14). The van der Waals surface area contributed by atoms with Gasteiger partial charge in [0.2, 0.25) is 10.0 Å². The van der Waals surface area contributed by atoms with Gasteiger partial charge in [-0.25, -0.2) is 13.6 Å². The average Bonchev–Trinajstić information content (AvgIpc) is 2.77. The van der Waals surface area contributed by atoms with Crippen molar-refractivity contribution in [2.24, 2.45) is 5.14 Å². The zero-order valence-electron chi connectivity index (χ0n) is 9.62. The van der Waals surface area contributed by atoms with Crippen LogP contribution in [0.4, 0.5) is 0 Å². The molecule has 0 aliphatic carbocycles. The van der Waals surface area contributed by atoms with Gasteiger partial charge in [-0.2, -0.15) is 4.98 Å². The Hall–Kier alpha value is -1.93. The summed E-state index contributed by atoms with van der Waals surface area (Å²) >= 11 is 0. The predicted molar refractivity (Wildman–Crippen MR) is 64.4 cm³/mol. The molecule has 0 amide bonds. The summed E-state index contributed by atoms with van der Waals surface area (Å²) < 4.78 is 27.6. The first-order chi connectivity index (χ1) is 8.50. The molecule has 0 aliphatic rings. The Balaban J connectivity index is 2.38. The number of H-pyrrole nitrogens is 1. The highest BCUT2D eigenvalue weighted by Crippen LogP contribution is 2.19. The molecule has 0 radical (unpaired) electrons. The van der Waals surface area contributed by atoms with Gasteiger partial charge in [-0.1, -0.05) is 12.1 Å². The Morgan fingerprint density at radius 1 is 1.44 bits per heavy atom. The lowest BCUT2D eigenvalue weighted by Crippen LogP contribution is -2.11. The van der Waals surface area contributed by atoms with Gasteiger partial charge in [0.05, 0.1) is 11.5 Å². The molecule has 96 valence electrons. The Bertz CT molecular complexity index is 651. The molecule has 0 spiro atoms. The summed E-state index contributed by atoms with van der Waals surface area (Å²) in [5.41, 5.74) is 0.569. The zero-order chi connectivity index (χ0) is 13.2. The minimum Gasteiger partial charge on any atom is -0.463 e. The minimum absolute atomic E-state index is 0.0226. The van der Waals surface area contributed by atoms with Crippen LogP contribution in [-0.4, -0.2) is 30.2 Å². The number of aromatic nitrogens is 3. The van der Waals surface area contributed by atoms with Gasteiger partial charge in [0.25, 0.3) is 0 Å². The van der Waals surface area contributed by atoms with Crippen LogP contribution in [0.25, 0.3) is 11.4 Å². The van der Waals surface area contributed by atoms with Crippen LogP contribution < -0.4 is 9.88 Å². The van der Waals surface area contributed by atoms with Crippen molar-refractivity contribution in [1.29, 1.82) is 0 Å². The first-order valence-electron chi connectivity index (χ1n) is 5.19. The van der Waals surface area contributed by atoms with Gasteiger partial charge >= 0.3 is 6.01 Å². The third-order valence-electron chi connectivity index (χ3n) is 2.17. The summed E-state index contributed by atoms with van der Waals surface area (Å²) in [6.45, 7) is 2.27. The van der Waals surface area contributed by atoms with E-state index in [0.29, 0.717) is 18.0 Å². The topological polar surface area (TPSA) is 111 Å². The van der Waals surface area contributed by atoms with Gasteiger partial charge in [-0.05, 0) is 19.1 Å². The molecule has 1 aromatic carbocycles. The van der Waals surface area contributed by atoms with Crippen molar-refractivity contribution >= 4 is 10.0 Å². The maximum Gasteiger partial charge on any atom is 0.335 e. The second kappa shape index (κ2) is 4.75. The second-order valence-corrected chi connectivity index (χ2v) is 5.03. The van der Waals surface area contributed by atoms with Gasteiger partial charge < -0.3 is 4.74 Å². The van der Waals surface area contributed by atoms with E-state index in [4.69, 9.17) is 9.88 Å². The SMILES string of the molecule is CCOc1n[nH]c(-c2cccc(S(N)(=O)=O)c2)n1. The highest BCUT2D eigenvalue weighted by Gasteiger charge is 2.11. The number of rotatable bonds is 4. The lowest BCUT2D eigenvalue weighted by molar-refractivity contribution is 0.314. The molecule has 18 heavy (non-hydrogen) atoms. The van der Waals surface area contributed by atoms with Crippen molar-refractivity contribution in [3.05, 3.63) is 24.3 Å². The van der Waals surface area contributed by atoms with E-state index < -0.39 is 10.0 Å². The summed E-state index contributed by atoms with van der Waals surface area (Å²) in [4.78, 5) is 4.09. The van der Waals surface area contributed by atoms with Crippen molar-refractivity contribution in [3.63, 3.8) is 0 Å². The van der Waals surface area contributed by atoms with Crippen molar-refractivity contribution < 1.29 is 13.2 Å². The molecule has 0 saturated heterocycles. The van der Waals surface area contributed by atoms with Crippen LogP contribution in [0, 0.1) is 0 Å². The fraction of sp³-hybridized carbons (Fsp3) is 0.200. The van der Waals surface area contributed by atoms with E-state index in [0.717, 1.165) is 0 Å². The van der Waals surface area contributed by atoms with Crippen molar-refractivity contribution in [3.8, 4) is 17.4 Å². The summed E-state index contributed by atoms with van der Waals surface area (Å²) in [6, 6.07) is 6.33. The highest BCUT2D eigenvalue weighted by atomic mass is 32.2. The molecular weight excluding hydrogens is 256 g/mol. The van der Waals surface area contributed by atoms with E-state index in [1.54, 1.807) is 12.1 Å². The average molecular weight is 268 g/mol. The summed E-state index contributed by atoms with van der Waals surface area (Å²) in [6.07, 6.45) is 0. The van der Waals surface area contributed by atoms with Crippen LogP contribution in [0.15, 0.2) is 29.2 Å². The Morgan fingerprint density at radius 2 is 2.22 bits per heavy atom. The number of primary sulfonamides is 1. The van der Waals surface area contributed by atoms with E-state index in [2.05, 4.69) is 15.2 Å². The van der Waals surface area contributed by atoms with E-state index in [1.165, 1.54) is 12.1 Å². The Labute approximate surface area is 104 Å². The van der Waals surface area contributed by atoms with E-state index in [1.807, 2.05) is 6.92 Å². The lowest BCUT2D eigenvalue weighted by Gasteiger charge is -2.00. The second-order valence-electron chi connectivity index (χ2n) is 3.47. The fourth-order valence-electron chi connectivity index (χ4n) is 1.39. The zero-order valence-corrected chi connectivity index (χ0v) is 10.4. The molecule has 2 rings (SSSR count). The molecule has 2 aromatic rings. The van der Waals surface area contributed by atoms with Crippen LogP contribution in [0.5, 0.6) is 6.01 Å². The molecule has 1 aromatic heterocycles. The number of hydrogen-bond acceptors (Lipinski definition) is 5. The van der Waals surface area contributed by atoms with Crippen molar-refractivity contribution in [2.45, 2.75) is 11.8 Å². The normalized spacial score (nSPS) is 11.4. The molecule has 0 atom stereocenters. The summed E-state index contributed by atoms with van der Waals surface area (Å²) in [5.74, 6) is 0.420. The monoisotopic (exact) mass is 268 g/mol. The van der Waals surface area contributed by atoms with Crippen LogP contribution >= 0.6 is 0 Å². The number of ether oxygens (including phenoxy) is 1.